The number of halogens is 3. The van der Waals surface area contributed by atoms with Crippen molar-refractivity contribution in [2.24, 2.45) is 5.41 Å². The fourth-order valence-electron chi connectivity index (χ4n) is 5.59. The van der Waals surface area contributed by atoms with Gasteiger partial charge in [0.1, 0.15) is 5.82 Å². The zero-order chi connectivity index (χ0) is 31.3. The highest BCUT2D eigenvalue weighted by Gasteiger charge is 2.62. The molecular formula is C29H34F3N5O4S2. The van der Waals surface area contributed by atoms with Gasteiger partial charge in [0.15, 0.2) is 5.82 Å². The zero-order valence-electron chi connectivity index (χ0n) is 24.3. The lowest BCUT2D eigenvalue weighted by molar-refractivity contribution is -0.190. The van der Waals surface area contributed by atoms with Crippen molar-refractivity contribution in [3.63, 3.8) is 0 Å². The van der Waals surface area contributed by atoms with Crippen molar-refractivity contribution in [1.82, 2.24) is 19.5 Å². The molecule has 1 aromatic carbocycles. The number of amides is 1. The number of rotatable bonds is 10. The summed E-state index contributed by atoms with van der Waals surface area (Å²) in [6.07, 6.45) is 0.203. The fourth-order valence-corrected chi connectivity index (χ4v) is 7.33. The number of aromatic nitrogens is 3. The first kappa shape index (κ1) is 31.2. The summed E-state index contributed by atoms with van der Waals surface area (Å²) in [5.41, 5.74) is -2.01. The molecule has 0 unspecified atom stereocenters. The minimum absolute atomic E-state index is 0.0437. The van der Waals surface area contributed by atoms with Crippen LogP contribution in [0.4, 0.5) is 19.0 Å². The first-order valence-corrected chi connectivity index (χ1v) is 16.5. The van der Waals surface area contributed by atoms with Crippen molar-refractivity contribution in [1.29, 1.82) is 0 Å². The smallest absolute Gasteiger partial charge is 0.394 e. The standard InChI is InChI=1S/C29H34F3N5O4S2/c1-26(2)18-27(3,42-4)19-36(26)24-21(25(38)35-43(39,40)20-8-6-5-7-9-20)10-11-22(33-24)37-16-12-23(34-37)41-17-15-28(13-14-28)29(30,31)32/h5-12,16H,13-15,17-19H2,1-4H3,(H,35,38)/t27-/m1/s1. The van der Waals surface area contributed by atoms with Crippen molar-refractivity contribution < 1.29 is 31.1 Å². The molecule has 1 amide bonds. The van der Waals surface area contributed by atoms with Gasteiger partial charge in [0.25, 0.3) is 15.9 Å². The van der Waals surface area contributed by atoms with E-state index < -0.39 is 33.1 Å². The second-order valence-corrected chi connectivity index (χ2v) is 15.1. The van der Waals surface area contributed by atoms with Crippen molar-refractivity contribution >= 4 is 33.5 Å². The van der Waals surface area contributed by atoms with E-state index >= 15 is 0 Å². The molecule has 14 heteroatoms. The van der Waals surface area contributed by atoms with E-state index in [0.717, 1.165) is 6.42 Å². The molecule has 3 heterocycles. The SMILES string of the molecule is CS[C@@]1(C)CN(c2nc(-n3ccc(OCCC4(C(F)(F)F)CC4)n3)ccc2C(=O)NS(=O)(=O)c2ccccc2)C(C)(C)C1. The van der Waals surface area contributed by atoms with Gasteiger partial charge in [-0.05, 0) is 77.0 Å². The van der Waals surface area contributed by atoms with Gasteiger partial charge in [-0.3, -0.25) is 4.79 Å². The Balaban J connectivity index is 1.43. The Morgan fingerprint density at radius 3 is 2.40 bits per heavy atom. The third-order valence-electron chi connectivity index (χ3n) is 8.25. The normalized spacial score (nSPS) is 21.0. The van der Waals surface area contributed by atoms with E-state index in [4.69, 9.17) is 9.72 Å². The molecule has 2 fully saturated rings. The van der Waals surface area contributed by atoms with Gasteiger partial charge in [0.05, 0.1) is 22.5 Å². The number of sulfonamides is 1. The number of hydrogen-bond donors (Lipinski definition) is 1. The number of hydrogen-bond acceptors (Lipinski definition) is 8. The number of nitrogens with zero attached hydrogens (tertiary/aromatic N) is 4. The van der Waals surface area contributed by atoms with Gasteiger partial charge in [-0.2, -0.15) is 24.9 Å². The van der Waals surface area contributed by atoms with Crippen LogP contribution in [-0.2, 0) is 10.0 Å². The monoisotopic (exact) mass is 637 g/mol. The molecule has 0 radical (unpaired) electrons. The number of nitrogens with one attached hydrogen (secondary N) is 1. The topological polar surface area (TPSA) is 106 Å². The molecule has 2 aromatic heterocycles. The Bertz CT molecular complexity index is 1610. The average molecular weight is 638 g/mol. The predicted molar refractivity (Wildman–Crippen MR) is 158 cm³/mol. The van der Waals surface area contributed by atoms with Crippen molar-refractivity contribution in [2.75, 3.05) is 24.3 Å². The lowest BCUT2D eigenvalue weighted by Gasteiger charge is -2.33. The van der Waals surface area contributed by atoms with Crippen molar-refractivity contribution in [2.45, 2.75) is 67.8 Å². The van der Waals surface area contributed by atoms with E-state index in [9.17, 15) is 26.4 Å². The summed E-state index contributed by atoms with van der Waals surface area (Å²) < 4.78 is 74.7. The first-order valence-electron chi connectivity index (χ1n) is 13.8. The number of alkyl halides is 3. The van der Waals surface area contributed by atoms with Crippen LogP contribution in [0.5, 0.6) is 5.88 Å². The van der Waals surface area contributed by atoms with Gasteiger partial charge < -0.3 is 9.64 Å². The maximum absolute atomic E-state index is 13.5. The molecule has 232 valence electrons. The molecular weight excluding hydrogens is 603 g/mol. The van der Waals surface area contributed by atoms with E-state index in [1.807, 2.05) is 25.0 Å². The average Bonchev–Trinajstić information content (AvgIpc) is 3.52. The number of ether oxygens (including phenoxy) is 1. The van der Waals surface area contributed by atoms with Gasteiger partial charge in [0.2, 0.25) is 5.88 Å². The number of thioether (sulfide) groups is 1. The van der Waals surface area contributed by atoms with Crippen LogP contribution in [0.1, 0.15) is 56.8 Å². The second-order valence-electron chi connectivity index (χ2n) is 12.0. The van der Waals surface area contributed by atoms with Crippen molar-refractivity contribution in [3.8, 4) is 11.7 Å². The Morgan fingerprint density at radius 2 is 1.79 bits per heavy atom. The molecule has 1 N–H and O–H groups in total. The van der Waals surface area contributed by atoms with E-state index in [1.165, 1.54) is 35.0 Å². The molecule has 1 saturated heterocycles. The summed E-state index contributed by atoms with van der Waals surface area (Å²) in [6.45, 7) is 6.64. The predicted octanol–water partition coefficient (Wildman–Crippen LogP) is 5.61. The van der Waals surface area contributed by atoms with E-state index in [1.54, 1.807) is 36.2 Å². The van der Waals surface area contributed by atoms with Crippen LogP contribution in [0.2, 0.25) is 0 Å². The number of benzene rings is 1. The fraction of sp³-hybridized carbons (Fsp3) is 0.483. The Labute approximate surface area is 253 Å². The minimum atomic E-state index is -4.25. The van der Waals surface area contributed by atoms with Crippen LogP contribution in [0, 0.1) is 5.41 Å². The van der Waals surface area contributed by atoms with Crippen molar-refractivity contribution in [3.05, 3.63) is 60.3 Å². The molecule has 1 saturated carbocycles. The number of anilines is 1. The van der Waals surface area contributed by atoms with Crippen LogP contribution in [0.3, 0.4) is 0 Å². The van der Waals surface area contributed by atoms with Crippen LogP contribution >= 0.6 is 11.8 Å². The molecule has 1 aliphatic heterocycles. The Morgan fingerprint density at radius 1 is 1.09 bits per heavy atom. The lowest BCUT2D eigenvalue weighted by Crippen LogP contribution is -2.41. The molecule has 0 spiro atoms. The van der Waals surface area contributed by atoms with Crippen LogP contribution in [0.15, 0.2) is 59.6 Å². The summed E-state index contributed by atoms with van der Waals surface area (Å²) >= 11 is 1.71. The number of carbonyl (C=O) groups is 1. The number of carbonyl (C=O) groups excluding carboxylic acids is 1. The van der Waals surface area contributed by atoms with Gasteiger partial charge in [-0.15, -0.1) is 5.10 Å². The van der Waals surface area contributed by atoms with Gasteiger partial charge in [-0.25, -0.2) is 22.8 Å². The van der Waals surface area contributed by atoms with E-state index in [0.29, 0.717) is 18.2 Å². The molecule has 43 heavy (non-hydrogen) atoms. The highest BCUT2D eigenvalue weighted by atomic mass is 32.2. The minimum Gasteiger partial charge on any atom is -0.477 e. The lowest BCUT2D eigenvalue weighted by atomic mass is 9.97. The van der Waals surface area contributed by atoms with Crippen LogP contribution in [-0.4, -0.2) is 65.0 Å². The molecule has 9 nitrogen and oxygen atoms in total. The summed E-state index contributed by atoms with van der Waals surface area (Å²) in [7, 11) is -4.14. The molecule has 1 aliphatic carbocycles. The van der Waals surface area contributed by atoms with Gasteiger partial charge in [-0.1, -0.05) is 18.2 Å². The van der Waals surface area contributed by atoms with Crippen LogP contribution < -0.4 is 14.4 Å². The van der Waals surface area contributed by atoms with Crippen LogP contribution in [0.25, 0.3) is 5.82 Å². The summed E-state index contributed by atoms with van der Waals surface area (Å²) in [5, 5.41) is 4.34. The third kappa shape index (κ3) is 6.35. The Hall–Kier alpha value is -3.26. The van der Waals surface area contributed by atoms with E-state index in [2.05, 4.69) is 16.7 Å². The maximum atomic E-state index is 13.5. The first-order chi connectivity index (χ1) is 20.1. The molecule has 5 rings (SSSR count). The number of pyridine rings is 1. The van der Waals surface area contributed by atoms with Gasteiger partial charge in [0, 0.05) is 29.1 Å². The summed E-state index contributed by atoms with van der Waals surface area (Å²) in [5.74, 6) is -0.0575. The second kappa shape index (κ2) is 11.0. The molecule has 3 aromatic rings. The highest BCUT2D eigenvalue weighted by molar-refractivity contribution is 8.00. The summed E-state index contributed by atoms with van der Waals surface area (Å²) in [6, 6.07) is 12.2. The third-order valence-corrected chi connectivity index (χ3v) is 10.9. The van der Waals surface area contributed by atoms with Gasteiger partial charge >= 0.3 is 6.18 Å². The zero-order valence-corrected chi connectivity index (χ0v) is 25.9. The largest absolute Gasteiger partial charge is 0.477 e. The highest BCUT2D eigenvalue weighted by Crippen LogP contribution is 2.59. The molecule has 0 bridgehead atoms. The molecule has 2 aliphatic rings. The summed E-state index contributed by atoms with van der Waals surface area (Å²) in [4.78, 5) is 20.2. The Kier molecular flexibility index (Phi) is 7.99. The maximum Gasteiger partial charge on any atom is 0.394 e. The van der Waals surface area contributed by atoms with E-state index in [-0.39, 0.29) is 47.0 Å². The quantitative estimate of drug-likeness (QED) is 0.306. The molecule has 1 atom stereocenters.